The molecule has 0 saturated carbocycles. The average molecular weight is 497 g/mol. The minimum atomic E-state index is -0.194. The largest absolute Gasteiger partial charge is 0.485 e. The third kappa shape index (κ3) is 4.21. The maximum Gasteiger partial charge on any atom is 0.271 e. The highest BCUT2D eigenvalue weighted by Gasteiger charge is 2.28. The van der Waals surface area contributed by atoms with Crippen LogP contribution in [-0.4, -0.2) is 64.6 Å². The summed E-state index contributed by atoms with van der Waals surface area (Å²) in [6, 6.07) is 17.4. The minimum absolute atomic E-state index is 0.194. The summed E-state index contributed by atoms with van der Waals surface area (Å²) in [5.41, 5.74) is 6.71. The summed E-state index contributed by atoms with van der Waals surface area (Å²) in [6.45, 7) is 8.63. The molecule has 6 rings (SSSR count). The second kappa shape index (κ2) is 9.52. The van der Waals surface area contributed by atoms with Gasteiger partial charge >= 0.3 is 0 Å². The van der Waals surface area contributed by atoms with Gasteiger partial charge in [-0.2, -0.15) is 0 Å². The molecule has 8 heteroatoms. The van der Waals surface area contributed by atoms with Crippen LogP contribution in [0.15, 0.2) is 54.9 Å². The molecule has 2 aliphatic rings. The van der Waals surface area contributed by atoms with Crippen molar-refractivity contribution in [3.05, 3.63) is 77.5 Å². The molecule has 1 N–H and O–H groups in total. The fraction of sp³-hybridized carbons (Fsp3) is 0.345. The molecule has 0 aliphatic carbocycles. The van der Waals surface area contributed by atoms with E-state index in [1.54, 1.807) is 13.4 Å². The molecule has 1 atom stereocenters. The van der Waals surface area contributed by atoms with E-state index in [-0.39, 0.29) is 5.91 Å². The van der Waals surface area contributed by atoms with Gasteiger partial charge < -0.3 is 15.0 Å². The SMILES string of the molecule is CNC(=O)c1ncn2c1COc1c(CCN3CCN(c4cccc5nc(C)ccc45)C[C@H]3C)cccc1-2. The molecule has 2 aromatic carbocycles. The Balaban J connectivity index is 1.16. The minimum Gasteiger partial charge on any atom is -0.485 e. The van der Waals surface area contributed by atoms with E-state index in [1.807, 2.05) is 17.6 Å². The Labute approximate surface area is 216 Å². The van der Waals surface area contributed by atoms with Crippen LogP contribution in [0.2, 0.25) is 0 Å². The Hall–Kier alpha value is -3.91. The van der Waals surface area contributed by atoms with Crippen molar-refractivity contribution in [3.63, 3.8) is 0 Å². The zero-order valence-corrected chi connectivity index (χ0v) is 21.6. The standard InChI is InChI=1S/C29H32N6O2/c1-19-10-11-22-23(32-19)7-5-8-24(22)34-15-14-33(20(2)16-34)13-12-21-6-4-9-25-28(21)37-17-26-27(29(36)30-3)31-18-35(25)26/h4-11,18,20H,12-17H2,1-3H3,(H,30,36)/t20-/m1/s1. The molecular weight excluding hydrogens is 464 g/mol. The Morgan fingerprint density at radius 3 is 2.78 bits per heavy atom. The summed E-state index contributed by atoms with van der Waals surface area (Å²) in [5.74, 6) is 0.695. The van der Waals surface area contributed by atoms with Gasteiger partial charge in [0.1, 0.15) is 18.7 Å². The molecule has 37 heavy (non-hydrogen) atoms. The zero-order chi connectivity index (χ0) is 25.5. The highest BCUT2D eigenvalue weighted by molar-refractivity contribution is 5.93. The molecule has 0 unspecified atom stereocenters. The predicted molar refractivity (Wildman–Crippen MR) is 145 cm³/mol. The molecule has 2 aromatic heterocycles. The monoisotopic (exact) mass is 496 g/mol. The topological polar surface area (TPSA) is 75.5 Å². The summed E-state index contributed by atoms with van der Waals surface area (Å²) in [4.78, 5) is 26.3. The number of hydrogen-bond donors (Lipinski definition) is 1. The van der Waals surface area contributed by atoms with Crippen molar-refractivity contribution in [3.8, 4) is 11.4 Å². The van der Waals surface area contributed by atoms with Crippen molar-refractivity contribution in [1.82, 2.24) is 24.8 Å². The zero-order valence-electron chi connectivity index (χ0n) is 21.6. The molecule has 0 radical (unpaired) electrons. The Bertz CT molecular complexity index is 1480. The average Bonchev–Trinajstić information content (AvgIpc) is 3.36. The molecule has 8 nitrogen and oxygen atoms in total. The maximum atomic E-state index is 12.2. The van der Waals surface area contributed by atoms with E-state index in [1.165, 1.54) is 16.6 Å². The highest BCUT2D eigenvalue weighted by atomic mass is 16.5. The summed E-state index contributed by atoms with van der Waals surface area (Å²) in [7, 11) is 1.62. The van der Waals surface area contributed by atoms with E-state index in [0.717, 1.165) is 60.9 Å². The van der Waals surface area contributed by atoms with E-state index >= 15 is 0 Å². The number of anilines is 1. The third-order valence-corrected chi connectivity index (χ3v) is 7.62. The van der Waals surface area contributed by atoms with Crippen molar-refractivity contribution in [2.75, 3.05) is 38.1 Å². The number of nitrogens with one attached hydrogen (secondary N) is 1. The molecule has 1 fully saturated rings. The van der Waals surface area contributed by atoms with Gasteiger partial charge in [0.2, 0.25) is 0 Å². The van der Waals surface area contributed by atoms with Gasteiger partial charge in [0.15, 0.2) is 5.69 Å². The second-order valence-electron chi connectivity index (χ2n) is 9.92. The van der Waals surface area contributed by atoms with Crippen LogP contribution in [-0.2, 0) is 13.0 Å². The number of para-hydroxylation sites is 1. The second-order valence-corrected chi connectivity index (χ2v) is 9.92. The van der Waals surface area contributed by atoms with E-state index in [2.05, 4.69) is 69.5 Å². The van der Waals surface area contributed by atoms with Gasteiger partial charge in [0, 0.05) is 56.0 Å². The molecule has 4 aromatic rings. The van der Waals surface area contributed by atoms with Gasteiger partial charge in [0.25, 0.3) is 5.91 Å². The van der Waals surface area contributed by atoms with Crippen LogP contribution in [0.25, 0.3) is 16.6 Å². The van der Waals surface area contributed by atoms with Gasteiger partial charge in [-0.05, 0) is 56.2 Å². The van der Waals surface area contributed by atoms with Gasteiger partial charge in [-0.25, -0.2) is 4.98 Å². The maximum absolute atomic E-state index is 12.2. The lowest BCUT2D eigenvalue weighted by Crippen LogP contribution is -2.52. The Morgan fingerprint density at radius 2 is 1.95 bits per heavy atom. The van der Waals surface area contributed by atoms with Crippen LogP contribution < -0.4 is 15.0 Å². The van der Waals surface area contributed by atoms with E-state index < -0.39 is 0 Å². The number of carbonyl (C=O) groups excluding carboxylic acids is 1. The number of pyridine rings is 1. The van der Waals surface area contributed by atoms with Crippen LogP contribution in [0.1, 0.15) is 34.4 Å². The number of ether oxygens (including phenoxy) is 1. The Morgan fingerprint density at radius 1 is 1.11 bits per heavy atom. The van der Waals surface area contributed by atoms with Gasteiger partial charge in [-0.3, -0.25) is 19.2 Å². The van der Waals surface area contributed by atoms with E-state index in [0.29, 0.717) is 18.3 Å². The number of amides is 1. The first-order valence-corrected chi connectivity index (χ1v) is 12.9. The molecule has 190 valence electrons. The van der Waals surface area contributed by atoms with Crippen molar-refractivity contribution < 1.29 is 9.53 Å². The van der Waals surface area contributed by atoms with Crippen LogP contribution in [0.3, 0.4) is 0 Å². The van der Waals surface area contributed by atoms with Gasteiger partial charge in [0.05, 0.1) is 16.9 Å². The fourth-order valence-electron chi connectivity index (χ4n) is 5.62. The molecule has 1 saturated heterocycles. The lowest BCUT2D eigenvalue weighted by atomic mass is 10.1. The highest BCUT2D eigenvalue weighted by Crippen LogP contribution is 2.35. The molecular formula is C29H32N6O2. The molecule has 0 spiro atoms. The number of piperazine rings is 1. The fourth-order valence-corrected chi connectivity index (χ4v) is 5.62. The van der Waals surface area contributed by atoms with Gasteiger partial charge in [-0.15, -0.1) is 0 Å². The molecule has 2 aliphatic heterocycles. The first kappa shape index (κ1) is 23.5. The van der Waals surface area contributed by atoms with Gasteiger partial charge in [-0.1, -0.05) is 18.2 Å². The quantitative estimate of drug-likeness (QED) is 0.454. The number of carbonyl (C=O) groups is 1. The number of fused-ring (bicyclic) bond motifs is 4. The third-order valence-electron chi connectivity index (χ3n) is 7.62. The first-order valence-electron chi connectivity index (χ1n) is 12.9. The number of imidazole rings is 1. The summed E-state index contributed by atoms with van der Waals surface area (Å²) in [5, 5.41) is 3.88. The predicted octanol–water partition coefficient (Wildman–Crippen LogP) is 3.73. The van der Waals surface area contributed by atoms with Crippen molar-refractivity contribution >= 4 is 22.5 Å². The van der Waals surface area contributed by atoms with Crippen LogP contribution >= 0.6 is 0 Å². The summed E-state index contributed by atoms with van der Waals surface area (Å²) in [6.07, 6.45) is 2.62. The van der Waals surface area contributed by atoms with E-state index in [9.17, 15) is 4.79 Å². The van der Waals surface area contributed by atoms with Crippen LogP contribution in [0.4, 0.5) is 5.69 Å². The number of nitrogens with zero attached hydrogens (tertiary/aromatic N) is 5. The molecule has 4 heterocycles. The Kier molecular flexibility index (Phi) is 6.04. The lowest BCUT2D eigenvalue weighted by molar-refractivity contribution is 0.0955. The van der Waals surface area contributed by atoms with Crippen molar-refractivity contribution in [1.29, 1.82) is 0 Å². The van der Waals surface area contributed by atoms with Crippen molar-refractivity contribution in [2.24, 2.45) is 0 Å². The van der Waals surface area contributed by atoms with Crippen molar-refractivity contribution in [2.45, 2.75) is 32.9 Å². The number of aryl methyl sites for hydroxylation is 1. The molecule has 1 amide bonds. The number of hydrogen-bond acceptors (Lipinski definition) is 6. The summed E-state index contributed by atoms with van der Waals surface area (Å²) < 4.78 is 8.17. The number of rotatable bonds is 5. The van der Waals surface area contributed by atoms with Crippen LogP contribution in [0, 0.1) is 6.92 Å². The first-order chi connectivity index (χ1) is 18.0. The molecule has 0 bridgehead atoms. The smallest absolute Gasteiger partial charge is 0.271 e. The lowest BCUT2D eigenvalue weighted by Gasteiger charge is -2.41. The van der Waals surface area contributed by atoms with E-state index in [4.69, 9.17) is 9.72 Å². The summed E-state index contributed by atoms with van der Waals surface area (Å²) >= 11 is 0. The normalized spacial score (nSPS) is 17.3. The number of benzene rings is 2. The number of aromatic nitrogens is 3. The van der Waals surface area contributed by atoms with Crippen LogP contribution in [0.5, 0.6) is 5.75 Å².